The van der Waals surface area contributed by atoms with Crippen molar-refractivity contribution >= 4 is 57.8 Å². The van der Waals surface area contributed by atoms with E-state index in [9.17, 15) is 20.1 Å². The van der Waals surface area contributed by atoms with Crippen LogP contribution in [-0.2, 0) is 9.47 Å². The van der Waals surface area contributed by atoms with Crippen molar-refractivity contribution in [3.8, 4) is 23.5 Å². The Balaban J connectivity index is 0.000000178. The monoisotopic (exact) mass is 1010 g/mol. The first-order valence-corrected chi connectivity index (χ1v) is 25.3. The quantitative estimate of drug-likeness (QED) is 0.134. The molecule has 4 saturated heterocycles. The molecule has 372 valence electrons. The van der Waals surface area contributed by atoms with Gasteiger partial charge in [-0.15, -0.1) is 0 Å². The van der Waals surface area contributed by atoms with E-state index in [2.05, 4.69) is 52.6 Å². The van der Waals surface area contributed by atoms with E-state index in [1.165, 1.54) is 0 Å². The van der Waals surface area contributed by atoms with Crippen molar-refractivity contribution in [2.75, 3.05) is 99.2 Å². The highest BCUT2D eigenvalue weighted by Gasteiger charge is 2.29. The number of piperidine rings is 2. The molecule has 0 atom stereocenters. The summed E-state index contributed by atoms with van der Waals surface area (Å²) in [4.78, 5) is 35.6. The molecule has 0 radical (unpaired) electrons. The van der Waals surface area contributed by atoms with Gasteiger partial charge in [-0.25, -0.2) is 9.36 Å². The first kappa shape index (κ1) is 50.2. The highest BCUT2D eigenvalue weighted by Crippen LogP contribution is 2.31. The maximum atomic E-state index is 13.0. The zero-order chi connectivity index (χ0) is 50.1. The summed E-state index contributed by atoms with van der Waals surface area (Å²) in [7, 11) is 0. The number of rotatable bonds is 10. The molecule has 10 rings (SSSR count). The van der Waals surface area contributed by atoms with Crippen LogP contribution in [0.1, 0.15) is 68.9 Å². The number of halogens is 2. The Kier molecular flexibility index (Phi) is 16.2. The molecule has 0 unspecified atom stereocenters. The van der Waals surface area contributed by atoms with Crippen LogP contribution in [0.4, 0.5) is 22.7 Å². The predicted octanol–water partition coefficient (Wildman–Crippen LogP) is 8.52. The molecule has 0 aliphatic carbocycles. The molecule has 0 bridgehead atoms. The molecule has 18 heteroatoms. The van der Waals surface area contributed by atoms with Crippen molar-refractivity contribution in [3.63, 3.8) is 0 Å². The van der Waals surface area contributed by atoms with Crippen LogP contribution in [0.25, 0.3) is 11.4 Å². The molecule has 4 fully saturated rings. The third-order valence-corrected chi connectivity index (χ3v) is 14.6. The van der Waals surface area contributed by atoms with Gasteiger partial charge in [-0.05, 0) is 124 Å². The van der Waals surface area contributed by atoms with Crippen LogP contribution in [0.5, 0.6) is 0 Å². The molecule has 4 aliphatic rings. The van der Waals surface area contributed by atoms with Crippen molar-refractivity contribution in [1.29, 1.82) is 10.5 Å². The lowest BCUT2D eigenvalue weighted by atomic mass is 10.0. The Morgan fingerprint density at radius 2 is 0.917 bits per heavy atom. The molecule has 2 aromatic heterocycles. The van der Waals surface area contributed by atoms with Crippen LogP contribution < -0.4 is 20.4 Å². The number of amides is 2. The van der Waals surface area contributed by atoms with Crippen LogP contribution in [0.2, 0.25) is 10.0 Å². The summed E-state index contributed by atoms with van der Waals surface area (Å²) in [5.41, 5.74) is 8.15. The molecule has 2 amide bonds. The number of anilines is 4. The summed E-state index contributed by atoms with van der Waals surface area (Å²) in [5.74, 6) is -0.536. The second-order valence-corrected chi connectivity index (χ2v) is 19.3. The lowest BCUT2D eigenvalue weighted by molar-refractivity contribution is 0.0115. The van der Waals surface area contributed by atoms with Gasteiger partial charge in [-0.2, -0.15) is 20.7 Å². The van der Waals surface area contributed by atoms with Gasteiger partial charge in [-0.1, -0.05) is 23.2 Å². The second-order valence-electron chi connectivity index (χ2n) is 18.4. The molecular weight excluding hydrogens is 952 g/mol. The van der Waals surface area contributed by atoms with Crippen molar-refractivity contribution in [3.05, 3.63) is 141 Å². The topological polar surface area (TPSA) is 173 Å². The number of benzene rings is 4. The molecule has 72 heavy (non-hydrogen) atoms. The number of ether oxygens (including phenoxy) is 2. The molecular formula is C54H58Cl2N12O4. The van der Waals surface area contributed by atoms with Gasteiger partial charge in [0, 0.05) is 85.9 Å². The normalized spacial score (nSPS) is 17.1. The SMILES string of the molecule is Cc1c(C(=O)Nc2ccc(N3CCC(N4CCOCC4)CC3)c(C#N)c2)cnn1-c1ccc(Cl)cc1.Cc1c(C(=O)Nc2ccc(N3CCC(N4CCOCC4)CC3)c(C#N)c2)cnn1-c1ccc(Cl)cc1. The third-order valence-electron chi connectivity index (χ3n) is 14.1. The highest BCUT2D eigenvalue weighted by atomic mass is 35.5. The molecule has 0 saturated carbocycles. The number of carbonyl (C=O) groups is 2. The smallest absolute Gasteiger partial charge is 0.259 e. The molecule has 0 spiro atoms. The van der Waals surface area contributed by atoms with Crippen LogP contribution >= 0.6 is 23.2 Å². The number of morpholine rings is 2. The Labute approximate surface area is 430 Å². The van der Waals surface area contributed by atoms with E-state index in [0.717, 1.165) is 139 Å². The van der Waals surface area contributed by atoms with Crippen molar-refractivity contribution in [2.45, 2.75) is 51.6 Å². The van der Waals surface area contributed by atoms with Gasteiger partial charge in [0.05, 0.1) is 95.2 Å². The molecule has 4 aliphatic heterocycles. The Bertz CT molecular complexity index is 2740. The summed E-state index contributed by atoms with van der Waals surface area (Å²) in [6, 6.07) is 31.4. The maximum Gasteiger partial charge on any atom is 0.259 e. The second kappa shape index (κ2) is 23.2. The fraction of sp³-hybridized carbons (Fsp3) is 0.370. The van der Waals surface area contributed by atoms with Gasteiger partial charge in [0.1, 0.15) is 12.1 Å². The van der Waals surface area contributed by atoms with Crippen molar-refractivity contribution in [1.82, 2.24) is 29.4 Å². The molecule has 16 nitrogen and oxygen atoms in total. The Morgan fingerprint density at radius 3 is 1.26 bits per heavy atom. The Morgan fingerprint density at radius 1 is 0.556 bits per heavy atom. The number of hydrogen-bond donors (Lipinski definition) is 2. The number of carbonyl (C=O) groups excluding carboxylic acids is 2. The number of hydrogen-bond acceptors (Lipinski definition) is 12. The van der Waals surface area contributed by atoms with Crippen LogP contribution in [0, 0.1) is 36.5 Å². The summed E-state index contributed by atoms with van der Waals surface area (Å²) < 4.78 is 14.4. The summed E-state index contributed by atoms with van der Waals surface area (Å²) in [6.07, 6.45) is 7.38. The summed E-state index contributed by atoms with van der Waals surface area (Å²) >= 11 is 12.0. The van der Waals surface area contributed by atoms with E-state index in [0.29, 0.717) is 55.8 Å². The third kappa shape index (κ3) is 11.6. The Hall–Kier alpha value is -6.76. The number of nitriles is 2. The average Bonchev–Trinajstić information content (AvgIpc) is 4.01. The van der Waals surface area contributed by atoms with Crippen molar-refractivity contribution < 1.29 is 19.1 Å². The van der Waals surface area contributed by atoms with E-state index in [-0.39, 0.29) is 11.8 Å². The minimum Gasteiger partial charge on any atom is -0.379 e. The van der Waals surface area contributed by atoms with E-state index in [1.54, 1.807) is 58.2 Å². The van der Waals surface area contributed by atoms with Crippen LogP contribution in [0.3, 0.4) is 0 Å². The minimum atomic E-state index is -0.268. The number of aromatic nitrogens is 4. The van der Waals surface area contributed by atoms with E-state index >= 15 is 0 Å². The van der Waals surface area contributed by atoms with Gasteiger partial charge in [0.25, 0.3) is 11.8 Å². The van der Waals surface area contributed by atoms with Gasteiger partial charge >= 0.3 is 0 Å². The lowest BCUT2D eigenvalue weighted by Gasteiger charge is -2.41. The maximum absolute atomic E-state index is 13.0. The van der Waals surface area contributed by atoms with E-state index in [4.69, 9.17) is 32.7 Å². The van der Waals surface area contributed by atoms with Gasteiger partial charge in [0.2, 0.25) is 0 Å². The highest BCUT2D eigenvalue weighted by molar-refractivity contribution is 6.30. The first-order valence-electron chi connectivity index (χ1n) is 24.5. The average molecular weight is 1010 g/mol. The lowest BCUT2D eigenvalue weighted by Crippen LogP contribution is -2.49. The number of nitrogens with one attached hydrogen (secondary N) is 2. The molecule has 4 aromatic carbocycles. The largest absolute Gasteiger partial charge is 0.379 e. The van der Waals surface area contributed by atoms with Gasteiger partial charge in [0.15, 0.2) is 0 Å². The van der Waals surface area contributed by atoms with Crippen LogP contribution in [0.15, 0.2) is 97.3 Å². The fourth-order valence-electron chi connectivity index (χ4n) is 10.1. The molecule has 6 heterocycles. The zero-order valence-electron chi connectivity index (χ0n) is 40.6. The first-order chi connectivity index (χ1) is 35.1. The summed E-state index contributed by atoms with van der Waals surface area (Å²) in [5, 5.41) is 35.5. The predicted molar refractivity (Wildman–Crippen MR) is 280 cm³/mol. The zero-order valence-corrected chi connectivity index (χ0v) is 42.1. The fourth-order valence-corrected chi connectivity index (χ4v) is 10.4. The van der Waals surface area contributed by atoms with Crippen LogP contribution in [-0.4, -0.2) is 132 Å². The standard InChI is InChI=1S/2C27H29ClN6O2/c2*1-19-25(18-30-34(19)24-5-2-21(28)3-6-24)27(35)31-22-4-7-26(20(16-22)17-29)33-10-8-23(9-11-33)32-12-14-36-15-13-32/h2*2-7,16,18,23H,8-15H2,1H3,(H,31,35). The minimum absolute atomic E-state index is 0.268. The van der Waals surface area contributed by atoms with Gasteiger partial charge in [-0.3, -0.25) is 19.4 Å². The van der Waals surface area contributed by atoms with Gasteiger partial charge < -0.3 is 29.9 Å². The molecule has 6 aromatic rings. The molecule has 2 N–H and O–H groups in total. The van der Waals surface area contributed by atoms with E-state index < -0.39 is 0 Å². The number of nitrogens with zero attached hydrogens (tertiary/aromatic N) is 10. The summed E-state index contributed by atoms with van der Waals surface area (Å²) in [6.45, 7) is 14.6. The van der Waals surface area contributed by atoms with E-state index in [1.807, 2.05) is 62.4 Å². The van der Waals surface area contributed by atoms with Crippen molar-refractivity contribution in [2.24, 2.45) is 0 Å².